The fourth-order valence-electron chi connectivity index (χ4n) is 5.68. The molecular weight excluding hydrogens is 392 g/mol. The molecule has 0 radical (unpaired) electrons. The molecule has 2 saturated carbocycles. The highest BCUT2D eigenvalue weighted by Gasteiger charge is 2.32. The predicted octanol–water partition coefficient (Wildman–Crippen LogP) is 8.77. The van der Waals surface area contributed by atoms with Gasteiger partial charge >= 0.3 is 6.36 Å². The third-order valence-electron chi connectivity index (χ3n) is 7.39. The second kappa shape index (κ2) is 10.9. The molecule has 2 fully saturated rings. The Labute approximate surface area is 178 Å². The summed E-state index contributed by atoms with van der Waals surface area (Å²) in [6, 6.07) is 3.92. The number of hydrogen-bond donors (Lipinski definition) is 0. The van der Waals surface area contributed by atoms with Gasteiger partial charge in [0.1, 0.15) is 0 Å². The average molecular weight is 429 g/mol. The Hall–Kier alpha value is -1.26. The summed E-state index contributed by atoms with van der Waals surface area (Å²) in [6.45, 7) is 2.29. The Bertz CT molecular complexity index is 641. The van der Waals surface area contributed by atoms with Gasteiger partial charge in [0.15, 0.2) is 11.6 Å². The van der Waals surface area contributed by atoms with Crippen molar-refractivity contribution in [3.8, 4) is 5.75 Å². The average Bonchev–Trinajstić information content (AvgIpc) is 2.71. The fourth-order valence-corrected chi connectivity index (χ4v) is 5.68. The maximum absolute atomic E-state index is 14.0. The van der Waals surface area contributed by atoms with E-state index < -0.39 is 17.9 Å². The summed E-state index contributed by atoms with van der Waals surface area (Å²) >= 11 is 0. The molecule has 0 aromatic heterocycles. The minimum absolute atomic E-state index is 0.240. The van der Waals surface area contributed by atoms with Crippen LogP contribution in [-0.2, 0) is 0 Å². The van der Waals surface area contributed by atoms with Crippen molar-refractivity contribution in [1.82, 2.24) is 0 Å². The summed E-state index contributed by atoms with van der Waals surface area (Å²) in [4.78, 5) is 0. The minimum atomic E-state index is -4.87. The Balaban J connectivity index is 1.36. The molecule has 0 amide bonds. The van der Waals surface area contributed by atoms with E-state index in [9.17, 15) is 17.6 Å². The third-order valence-corrected chi connectivity index (χ3v) is 7.39. The van der Waals surface area contributed by atoms with E-state index in [2.05, 4.69) is 11.7 Å². The first-order chi connectivity index (χ1) is 14.3. The number of ether oxygens (including phenoxy) is 1. The van der Waals surface area contributed by atoms with E-state index in [1.165, 1.54) is 63.9 Å². The zero-order valence-electron chi connectivity index (χ0n) is 18.2. The van der Waals surface area contributed by atoms with Crippen LogP contribution in [0.1, 0.15) is 102 Å². The van der Waals surface area contributed by atoms with Crippen molar-refractivity contribution in [3.05, 3.63) is 29.6 Å². The molecule has 0 saturated heterocycles. The molecule has 30 heavy (non-hydrogen) atoms. The zero-order chi connectivity index (χ0) is 21.6. The van der Waals surface area contributed by atoms with Crippen LogP contribution in [0.5, 0.6) is 5.75 Å². The minimum Gasteiger partial charge on any atom is -0.403 e. The highest BCUT2D eigenvalue weighted by atomic mass is 19.4. The molecule has 0 N–H and O–H groups in total. The van der Waals surface area contributed by atoms with Crippen LogP contribution in [0, 0.1) is 23.6 Å². The number of benzene rings is 1. The molecule has 1 nitrogen and oxygen atoms in total. The van der Waals surface area contributed by atoms with Crippen molar-refractivity contribution in [1.29, 1.82) is 0 Å². The van der Waals surface area contributed by atoms with E-state index >= 15 is 0 Å². The van der Waals surface area contributed by atoms with Crippen LogP contribution in [0.15, 0.2) is 18.2 Å². The molecule has 1 aromatic rings. The van der Waals surface area contributed by atoms with E-state index in [0.29, 0.717) is 0 Å². The lowest BCUT2D eigenvalue weighted by molar-refractivity contribution is -0.275. The van der Waals surface area contributed by atoms with Gasteiger partial charge in [-0.15, -0.1) is 13.2 Å². The van der Waals surface area contributed by atoms with E-state index in [4.69, 9.17) is 0 Å². The molecule has 2 aliphatic carbocycles. The van der Waals surface area contributed by atoms with Crippen LogP contribution in [0.3, 0.4) is 0 Å². The summed E-state index contributed by atoms with van der Waals surface area (Å²) in [5.41, 5.74) is 0.796. The SMILES string of the molecule is CCCC1CCC(CCCC2CCC(c3ccc(OC(F)(F)F)c(F)c3)CC2)CC1. The molecule has 2 aliphatic rings. The topological polar surface area (TPSA) is 9.23 Å². The van der Waals surface area contributed by atoms with Gasteiger partial charge in [-0.3, -0.25) is 0 Å². The van der Waals surface area contributed by atoms with Crippen molar-refractivity contribution >= 4 is 0 Å². The Morgan fingerprint density at radius 2 is 1.37 bits per heavy atom. The molecule has 0 atom stereocenters. The van der Waals surface area contributed by atoms with Crippen LogP contribution in [0.4, 0.5) is 17.6 Å². The molecule has 5 heteroatoms. The van der Waals surface area contributed by atoms with Gasteiger partial charge in [0, 0.05) is 0 Å². The van der Waals surface area contributed by atoms with E-state index in [1.54, 1.807) is 6.07 Å². The Morgan fingerprint density at radius 3 is 1.87 bits per heavy atom. The number of hydrogen-bond acceptors (Lipinski definition) is 1. The van der Waals surface area contributed by atoms with Gasteiger partial charge in [0.05, 0.1) is 0 Å². The number of halogens is 4. The third kappa shape index (κ3) is 7.16. The highest BCUT2D eigenvalue weighted by molar-refractivity contribution is 5.31. The van der Waals surface area contributed by atoms with E-state index in [1.807, 2.05) is 0 Å². The quantitative estimate of drug-likeness (QED) is 0.376. The smallest absolute Gasteiger partial charge is 0.403 e. The van der Waals surface area contributed by atoms with Crippen LogP contribution in [0.2, 0.25) is 0 Å². The summed E-state index contributed by atoms with van der Waals surface area (Å²) in [7, 11) is 0. The van der Waals surface area contributed by atoms with Crippen LogP contribution in [-0.4, -0.2) is 6.36 Å². The monoisotopic (exact) mass is 428 g/mol. The van der Waals surface area contributed by atoms with Crippen LogP contribution < -0.4 is 4.74 Å². The van der Waals surface area contributed by atoms with Crippen molar-refractivity contribution in [2.24, 2.45) is 17.8 Å². The fraction of sp³-hybridized carbons (Fsp3) is 0.760. The highest BCUT2D eigenvalue weighted by Crippen LogP contribution is 2.40. The van der Waals surface area contributed by atoms with Crippen LogP contribution >= 0.6 is 0 Å². The normalized spacial score (nSPS) is 27.8. The summed E-state index contributed by atoms with van der Waals surface area (Å²) in [6.07, 6.45) is 11.7. The van der Waals surface area contributed by atoms with Gasteiger partial charge in [-0.05, 0) is 67.1 Å². The zero-order valence-corrected chi connectivity index (χ0v) is 18.2. The number of alkyl halides is 3. The molecule has 0 bridgehead atoms. The van der Waals surface area contributed by atoms with Crippen molar-refractivity contribution in [2.45, 2.75) is 103 Å². The molecule has 1 aromatic carbocycles. The van der Waals surface area contributed by atoms with Gasteiger partial charge in [-0.25, -0.2) is 4.39 Å². The van der Waals surface area contributed by atoms with Gasteiger partial charge < -0.3 is 4.74 Å². The molecule has 0 heterocycles. The van der Waals surface area contributed by atoms with Crippen molar-refractivity contribution in [3.63, 3.8) is 0 Å². The standard InChI is InChI=1S/C25H36F4O/c1-2-4-18-7-9-19(10-8-18)5-3-6-20-11-13-21(14-12-20)22-15-16-24(23(26)17-22)30-25(27,28)29/h15-21H,2-14H2,1H3. The maximum atomic E-state index is 14.0. The van der Waals surface area contributed by atoms with Crippen LogP contribution in [0.25, 0.3) is 0 Å². The number of rotatable bonds is 8. The maximum Gasteiger partial charge on any atom is 0.573 e. The lowest BCUT2D eigenvalue weighted by atomic mass is 9.75. The molecule has 0 aliphatic heterocycles. The first-order valence-electron chi connectivity index (χ1n) is 11.9. The summed E-state index contributed by atoms with van der Waals surface area (Å²) in [5.74, 6) is 1.21. The predicted molar refractivity (Wildman–Crippen MR) is 112 cm³/mol. The van der Waals surface area contributed by atoms with Gasteiger partial charge in [-0.2, -0.15) is 0 Å². The lowest BCUT2D eigenvalue weighted by Gasteiger charge is -2.31. The molecule has 3 rings (SSSR count). The van der Waals surface area contributed by atoms with Crippen molar-refractivity contribution in [2.75, 3.05) is 0 Å². The molecular formula is C25H36F4O. The first-order valence-corrected chi connectivity index (χ1v) is 11.9. The molecule has 170 valence electrons. The summed E-state index contributed by atoms with van der Waals surface area (Å²) in [5, 5.41) is 0. The summed E-state index contributed by atoms with van der Waals surface area (Å²) < 4.78 is 54.6. The second-order valence-electron chi connectivity index (χ2n) is 9.56. The lowest BCUT2D eigenvalue weighted by Crippen LogP contribution is -2.18. The molecule has 0 spiro atoms. The van der Waals surface area contributed by atoms with E-state index in [0.717, 1.165) is 55.1 Å². The Kier molecular flexibility index (Phi) is 8.47. The van der Waals surface area contributed by atoms with Crippen molar-refractivity contribution < 1.29 is 22.3 Å². The second-order valence-corrected chi connectivity index (χ2v) is 9.56. The Morgan fingerprint density at radius 1 is 0.833 bits per heavy atom. The van der Waals surface area contributed by atoms with E-state index in [-0.39, 0.29) is 5.92 Å². The largest absolute Gasteiger partial charge is 0.573 e. The molecule has 0 unspecified atom stereocenters. The first kappa shape index (κ1) is 23.4. The van der Waals surface area contributed by atoms with Gasteiger partial charge in [0.2, 0.25) is 0 Å². The van der Waals surface area contributed by atoms with Gasteiger partial charge in [-0.1, -0.05) is 70.8 Å². The van der Waals surface area contributed by atoms with Gasteiger partial charge in [0.25, 0.3) is 0 Å².